The number of carbonyl (C=O) groups is 2. The van der Waals surface area contributed by atoms with Gasteiger partial charge in [0.15, 0.2) is 0 Å². The smallest absolute Gasteiger partial charge is 0.322 e. The van der Waals surface area contributed by atoms with Crippen molar-refractivity contribution in [1.29, 1.82) is 0 Å². The van der Waals surface area contributed by atoms with Gasteiger partial charge < -0.3 is 14.9 Å². The van der Waals surface area contributed by atoms with E-state index in [9.17, 15) is 18.0 Å². The Kier molecular flexibility index (Phi) is 5.73. The molecule has 0 heterocycles. The van der Waals surface area contributed by atoms with Crippen LogP contribution in [0.25, 0.3) is 0 Å². The fraction of sp³-hybridized carbons (Fsp3) is 0.429. The minimum absolute atomic E-state index is 0.0764. The number of carboxylic acid groups (broad SMARTS) is 2. The monoisotopic (exact) mass is 345 g/mol. The Bertz CT molecular complexity index is 740. The number of hydrogen-bond acceptors (Lipinski definition) is 5. The van der Waals surface area contributed by atoms with Gasteiger partial charge in [0.05, 0.1) is 18.4 Å². The van der Waals surface area contributed by atoms with Crippen molar-refractivity contribution in [2.24, 2.45) is 0 Å². The maximum atomic E-state index is 12.5. The summed E-state index contributed by atoms with van der Waals surface area (Å²) >= 11 is 0. The molecule has 8 nitrogen and oxygen atoms in total. The van der Waals surface area contributed by atoms with Gasteiger partial charge in [-0.15, -0.1) is 0 Å². The van der Waals surface area contributed by atoms with Crippen molar-refractivity contribution in [1.82, 2.24) is 4.72 Å². The third-order valence-corrected chi connectivity index (χ3v) is 5.20. The molecule has 0 aliphatic carbocycles. The molecule has 3 N–H and O–H groups in total. The fourth-order valence-electron chi connectivity index (χ4n) is 2.25. The Morgan fingerprint density at radius 3 is 2.22 bits per heavy atom. The van der Waals surface area contributed by atoms with Gasteiger partial charge in [0.25, 0.3) is 0 Å². The number of carboxylic acids is 2. The summed E-state index contributed by atoms with van der Waals surface area (Å²) < 4.78 is 32.1. The molecule has 0 aliphatic heterocycles. The predicted octanol–water partition coefficient (Wildman–Crippen LogP) is 0.827. The van der Waals surface area contributed by atoms with Gasteiger partial charge in [-0.1, -0.05) is 0 Å². The molecule has 0 saturated heterocycles. The van der Waals surface area contributed by atoms with Crippen LogP contribution in [0.5, 0.6) is 5.75 Å². The highest BCUT2D eigenvalue weighted by Gasteiger charge is 2.30. The molecule has 1 atom stereocenters. The Hall–Kier alpha value is -2.13. The molecular formula is C14H19NO7S. The van der Waals surface area contributed by atoms with Crippen LogP contribution in [-0.4, -0.2) is 43.7 Å². The van der Waals surface area contributed by atoms with Gasteiger partial charge in [-0.25, -0.2) is 8.42 Å². The molecule has 1 aromatic carbocycles. The first-order valence-corrected chi connectivity index (χ1v) is 8.11. The predicted molar refractivity (Wildman–Crippen MR) is 81.2 cm³/mol. The maximum Gasteiger partial charge on any atom is 0.322 e. The Labute approximate surface area is 134 Å². The van der Waals surface area contributed by atoms with Gasteiger partial charge in [-0.3, -0.25) is 9.59 Å². The summed E-state index contributed by atoms with van der Waals surface area (Å²) in [7, 11) is -2.75. The molecule has 1 aromatic rings. The van der Waals surface area contributed by atoms with Crippen LogP contribution in [0, 0.1) is 20.8 Å². The van der Waals surface area contributed by atoms with Crippen molar-refractivity contribution in [3.63, 3.8) is 0 Å². The van der Waals surface area contributed by atoms with E-state index in [1.165, 1.54) is 13.2 Å². The van der Waals surface area contributed by atoms with Crippen molar-refractivity contribution in [3.05, 3.63) is 22.8 Å². The molecule has 128 valence electrons. The summed E-state index contributed by atoms with van der Waals surface area (Å²) in [6, 6.07) is -0.220. The lowest BCUT2D eigenvalue weighted by Crippen LogP contribution is -2.42. The zero-order chi connectivity index (χ0) is 17.9. The van der Waals surface area contributed by atoms with Crippen molar-refractivity contribution in [2.75, 3.05) is 7.11 Å². The van der Waals surface area contributed by atoms with Crippen LogP contribution >= 0.6 is 0 Å². The van der Waals surface area contributed by atoms with Crippen molar-refractivity contribution in [3.8, 4) is 5.75 Å². The summed E-state index contributed by atoms with van der Waals surface area (Å²) in [5.74, 6) is -2.46. The zero-order valence-electron chi connectivity index (χ0n) is 13.2. The second-order valence-corrected chi connectivity index (χ2v) is 6.74. The lowest BCUT2D eigenvalue weighted by Gasteiger charge is -2.18. The summed E-state index contributed by atoms with van der Waals surface area (Å²) in [4.78, 5) is 21.7. The van der Waals surface area contributed by atoms with E-state index in [0.717, 1.165) is 0 Å². The quantitative estimate of drug-likeness (QED) is 0.667. The highest BCUT2D eigenvalue weighted by Crippen LogP contribution is 2.30. The second-order valence-electron chi connectivity index (χ2n) is 5.08. The maximum absolute atomic E-state index is 12.5. The summed E-state index contributed by atoms with van der Waals surface area (Å²) in [5, 5.41) is 17.7. The van der Waals surface area contributed by atoms with Gasteiger partial charge in [0, 0.05) is 0 Å². The average molecular weight is 345 g/mol. The van der Waals surface area contributed by atoms with Crippen LogP contribution in [0.4, 0.5) is 0 Å². The molecule has 0 unspecified atom stereocenters. The second kappa shape index (κ2) is 6.97. The number of nitrogens with one attached hydrogen (secondary N) is 1. The molecular weight excluding hydrogens is 326 g/mol. The minimum atomic E-state index is -4.21. The number of aryl methyl sites for hydroxylation is 1. The number of aliphatic carboxylic acids is 2. The number of ether oxygens (including phenoxy) is 1. The fourth-order valence-corrected chi connectivity index (χ4v) is 3.96. The van der Waals surface area contributed by atoms with Crippen LogP contribution < -0.4 is 9.46 Å². The third-order valence-electron chi connectivity index (χ3n) is 3.44. The Balaban J connectivity index is 3.36. The lowest BCUT2D eigenvalue weighted by atomic mass is 10.1. The molecule has 0 radical (unpaired) electrons. The number of benzene rings is 1. The molecule has 0 fully saturated rings. The van der Waals surface area contributed by atoms with Gasteiger partial charge >= 0.3 is 11.9 Å². The highest BCUT2D eigenvalue weighted by molar-refractivity contribution is 7.89. The summed E-state index contributed by atoms with van der Waals surface area (Å²) in [5.41, 5.74) is 1.38. The highest BCUT2D eigenvalue weighted by atomic mass is 32.2. The molecule has 0 aliphatic rings. The molecule has 9 heteroatoms. The van der Waals surface area contributed by atoms with Crippen molar-refractivity contribution in [2.45, 2.75) is 38.1 Å². The summed E-state index contributed by atoms with van der Waals surface area (Å²) in [6.07, 6.45) is -0.859. The van der Waals surface area contributed by atoms with Crippen molar-refractivity contribution >= 4 is 22.0 Å². The third kappa shape index (κ3) is 4.20. The van der Waals surface area contributed by atoms with E-state index >= 15 is 0 Å². The van der Waals surface area contributed by atoms with Crippen LogP contribution in [0.15, 0.2) is 11.0 Å². The van der Waals surface area contributed by atoms with E-state index < -0.39 is 34.4 Å². The topological polar surface area (TPSA) is 130 Å². The van der Waals surface area contributed by atoms with E-state index in [2.05, 4.69) is 0 Å². The van der Waals surface area contributed by atoms with Crippen molar-refractivity contribution < 1.29 is 33.0 Å². The van der Waals surface area contributed by atoms with Gasteiger partial charge in [0.2, 0.25) is 10.0 Å². The first-order chi connectivity index (χ1) is 10.5. The van der Waals surface area contributed by atoms with E-state index in [-0.39, 0.29) is 4.90 Å². The normalized spacial score (nSPS) is 12.7. The van der Waals surface area contributed by atoms with E-state index in [0.29, 0.717) is 22.4 Å². The van der Waals surface area contributed by atoms with E-state index in [1.54, 1.807) is 20.8 Å². The minimum Gasteiger partial charge on any atom is -0.496 e. The largest absolute Gasteiger partial charge is 0.496 e. The van der Waals surface area contributed by atoms with E-state index in [1.807, 2.05) is 4.72 Å². The number of hydrogen-bond donors (Lipinski definition) is 3. The van der Waals surface area contributed by atoms with Crippen LogP contribution in [0.3, 0.4) is 0 Å². The SMILES string of the molecule is COc1cc(C)c(S(=O)(=O)N[C@@H](CC(=O)O)C(=O)O)c(C)c1C. The lowest BCUT2D eigenvalue weighted by molar-refractivity contribution is -0.145. The molecule has 23 heavy (non-hydrogen) atoms. The van der Waals surface area contributed by atoms with Gasteiger partial charge in [-0.05, 0) is 43.5 Å². The summed E-state index contributed by atoms with van der Waals surface area (Å²) in [6.45, 7) is 4.81. The molecule has 0 saturated carbocycles. The van der Waals surface area contributed by atoms with Crippen LogP contribution in [-0.2, 0) is 19.6 Å². The number of sulfonamides is 1. The molecule has 0 aromatic heterocycles. The first kappa shape index (κ1) is 18.9. The van der Waals surface area contributed by atoms with Gasteiger partial charge in [0.1, 0.15) is 11.8 Å². The number of rotatable bonds is 7. The van der Waals surface area contributed by atoms with Crippen LogP contribution in [0.1, 0.15) is 23.1 Å². The molecule has 0 bridgehead atoms. The molecule has 0 spiro atoms. The molecule has 0 amide bonds. The van der Waals surface area contributed by atoms with Crippen LogP contribution in [0.2, 0.25) is 0 Å². The Morgan fingerprint density at radius 1 is 1.22 bits per heavy atom. The number of methoxy groups -OCH3 is 1. The molecule has 1 rings (SSSR count). The Morgan fingerprint density at radius 2 is 1.78 bits per heavy atom. The average Bonchev–Trinajstić information content (AvgIpc) is 2.40. The first-order valence-electron chi connectivity index (χ1n) is 6.63. The zero-order valence-corrected chi connectivity index (χ0v) is 14.0. The standard InChI is InChI=1S/C14H19NO7S/c1-7-5-11(22-4)8(2)9(3)13(7)23(20,21)15-10(14(18)19)6-12(16)17/h5,10,15H,6H2,1-4H3,(H,16,17)(H,18,19)/t10-/m0/s1. The van der Waals surface area contributed by atoms with Gasteiger partial charge in [-0.2, -0.15) is 4.72 Å². The van der Waals surface area contributed by atoms with E-state index in [4.69, 9.17) is 14.9 Å².